The number of hydrogen-bond donors (Lipinski definition) is 3. The van der Waals surface area contributed by atoms with Crippen LogP contribution in [0.3, 0.4) is 0 Å². The van der Waals surface area contributed by atoms with E-state index in [0.717, 1.165) is 34.1 Å². The number of carboxylic acids is 1. The van der Waals surface area contributed by atoms with Gasteiger partial charge in [0, 0.05) is 11.1 Å². The summed E-state index contributed by atoms with van der Waals surface area (Å²) in [6, 6.07) is -1.03. The number of nitrogens with zero attached hydrogens (tertiary/aromatic N) is 3. The number of hydrogen-bond acceptors (Lipinski definition) is 9. The van der Waals surface area contributed by atoms with Crippen LogP contribution in [-0.4, -0.2) is 69.2 Å². The number of nitrogens with one attached hydrogen (secondary N) is 1. The molecule has 2 aliphatic rings. The molecule has 160 valence electrons. The molecule has 0 aromatic carbocycles. The van der Waals surface area contributed by atoms with E-state index in [1.807, 2.05) is 0 Å². The average molecular weight is 459 g/mol. The Hall–Kier alpha value is -3.00. The summed E-state index contributed by atoms with van der Waals surface area (Å²) in [5, 5.41) is 16.6. The van der Waals surface area contributed by atoms with Gasteiger partial charge >= 0.3 is 5.97 Å². The van der Waals surface area contributed by atoms with E-state index in [4.69, 9.17) is 5.73 Å². The molecule has 3 rings (SSSR count). The predicted molar refractivity (Wildman–Crippen MR) is 105 cm³/mol. The number of aromatic nitrogens is 1. The Balaban J connectivity index is 1.80. The molecule has 0 spiro atoms. The predicted octanol–water partition coefficient (Wildman–Crippen LogP) is 0.636. The van der Waals surface area contributed by atoms with Crippen molar-refractivity contribution in [2.45, 2.75) is 17.8 Å². The van der Waals surface area contributed by atoms with Gasteiger partial charge in [0.2, 0.25) is 0 Å². The van der Waals surface area contributed by atoms with Crippen LogP contribution in [0.4, 0.5) is 13.9 Å². The number of nitrogens with two attached hydrogens (primary N) is 1. The van der Waals surface area contributed by atoms with Crippen molar-refractivity contribution in [3.05, 3.63) is 34.5 Å². The molecule has 2 atom stereocenters. The van der Waals surface area contributed by atoms with Crippen molar-refractivity contribution < 1.29 is 33.1 Å². The number of carbonyl (C=O) groups excluding carboxylic acids is 2. The SMILES string of the molecule is CO/N=C(\C(=O)N[C@@H]1C(=O)N2C(C(=O)O)=C(/C=C\C(F)F)CS[C@H]12)c1csc(N)n1. The van der Waals surface area contributed by atoms with Crippen molar-refractivity contribution in [3.8, 4) is 0 Å². The minimum absolute atomic E-state index is 0.0767. The highest BCUT2D eigenvalue weighted by molar-refractivity contribution is 8.00. The summed E-state index contributed by atoms with van der Waals surface area (Å²) >= 11 is 2.22. The zero-order valence-corrected chi connectivity index (χ0v) is 16.9. The number of rotatable bonds is 7. The van der Waals surface area contributed by atoms with Gasteiger partial charge in [-0.25, -0.2) is 18.6 Å². The summed E-state index contributed by atoms with van der Waals surface area (Å²) in [7, 11) is 1.23. The number of alkyl halides is 2. The largest absolute Gasteiger partial charge is 0.477 e. The summed E-state index contributed by atoms with van der Waals surface area (Å²) in [6.07, 6.45) is -1.21. The highest BCUT2D eigenvalue weighted by atomic mass is 32.2. The lowest BCUT2D eigenvalue weighted by atomic mass is 10.0. The fourth-order valence-corrected chi connectivity index (χ4v) is 4.73. The van der Waals surface area contributed by atoms with Gasteiger partial charge in [-0.1, -0.05) is 11.2 Å². The third-order valence-electron chi connectivity index (χ3n) is 4.09. The van der Waals surface area contributed by atoms with Crippen molar-refractivity contribution in [1.29, 1.82) is 0 Å². The molecule has 1 fully saturated rings. The highest BCUT2D eigenvalue weighted by Crippen LogP contribution is 2.40. The number of anilines is 1. The van der Waals surface area contributed by atoms with Crippen LogP contribution in [0.1, 0.15) is 5.69 Å². The first-order chi connectivity index (χ1) is 14.2. The third-order valence-corrected chi connectivity index (χ3v) is 6.07. The number of thiazole rings is 1. The van der Waals surface area contributed by atoms with Crippen LogP contribution in [0.5, 0.6) is 0 Å². The fraction of sp³-hybridized carbons (Fsp3) is 0.312. The van der Waals surface area contributed by atoms with Crippen LogP contribution in [0.2, 0.25) is 0 Å². The molecule has 1 aromatic heterocycles. The number of oxime groups is 1. The number of carboxylic acid groups (broad SMARTS) is 1. The zero-order valence-electron chi connectivity index (χ0n) is 15.2. The van der Waals surface area contributed by atoms with Crippen molar-refractivity contribution in [2.24, 2.45) is 5.16 Å². The van der Waals surface area contributed by atoms with Crippen molar-refractivity contribution in [1.82, 2.24) is 15.2 Å². The molecule has 2 amide bonds. The summed E-state index contributed by atoms with van der Waals surface area (Å²) in [4.78, 5) is 46.4. The summed E-state index contributed by atoms with van der Waals surface area (Å²) in [5.74, 6) is -2.79. The Morgan fingerprint density at radius 2 is 2.27 bits per heavy atom. The van der Waals surface area contributed by atoms with Crippen LogP contribution in [0.15, 0.2) is 34.0 Å². The van der Waals surface area contributed by atoms with Crippen molar-refractivity contribution in [3.63, 3.8) is 0 Å². The molecule has 0 saturated carbocycles. The van der Waals surface area contributed by atoms with Gasteiger partial charge in [-0.05, 0) is 11.6 Å². The number of nitrogen functional groups attached to an aromatic ring is 1. The maximum Gasteiger partial charge on any atom is 0.352 e. The van der Waals surface area contributed by atoms with Gasteiger partial charge in [-0.3, -0.25) is 14.5 Å². The molecule has 0 radical (unpaired) electrons. The average Bonchev–Trinajstić information content (AvgIpc) is 3.13. The van der Waals surface area contributed by atoms with Gasteiger partial charge in [0.25, 0.3) is 18.2 Å². The Morgan fingerprint density at radius 3 is 2.83 bits per heavy atom. The van der Waals surface area contributed by atoms with Gasteiger partial charge in [-0.2, -0.15) is 0 Å². The number of carbonyl (C=O) groups is 3. The topological polar surface area (TPSA) is 147 Å². The van der Waals surface area contributed by atoms with Gasteiger partial charge in [-0.15, -0.1) is 23.1 Å². The fourth-order valence-electron chi connectivity index (χ4n) is 2.86. The second kappa shape index (κ2) is 8.79. The lowest BCUT2D eigenvalue weighted by molar-refractivity contribution is -0.150. The molecule has 1 saturated heterocycles. The molecular formula is C16H15F2N5O5S2. The van der Waals surface area contributed by atoms with Gasteiger partial charge in [0.05, 0.1) is 0 Å². The first kappa shape index (κ1) is 21.7. The lowest BCUT2D eigenvalue weighted by Crippen LogP contribution is -2.71. The highest BCUT2D eigenvalue weighted by Gasteiger charge is 2.54. The number of β-lactam (4-membered cyclic amide) rings is 1. The molecule has 3 heterocycles. The minimum Gasteiger partial charge on any atom is -0.477 e. The van der Waals surface area contributed by atoms with Crippen LogP contribution in [0.25, 0.3) is 0 Å². The monoisotopic (exact) mass is 459 g/mol. The first-order valence-corrected chi connectivity index (χ1v) is 10.2. The summed E-state index contributed by atoms with van der Waals surface area (Å²) in [5.41, 5.74) is 5.22. The Labute approximate surface area is 176 Å². The number of aliphatic carboxylic acids is 1. The van der Waals surface area contributed by atoms with Crippen molar-refractivity contribution in [2.75, 3.05) is 18.6 Å². The van der Waals surface area contributed by atoms with E-state index in [1.54, 1.807) is 0 Å². The maximum absolute atomic E-state index is 12.6. The van der Waals surface area contributed by atoms with E-state index in [2.05, 4.69) is 20.3 Å². The molecule has 0 aliphatic carbocycles. The van der Waals surface area contributed by atoms with Crippen LogP contribution in [-0.2, 0) is 19.2 Å². The lowest BCUT2D eigenvalue weighted by Gasteiger charge is -2.49. The number of halogens is 2. The molecule has 2 aliphatic heterocycles. The van der Waals surface area contributed by atoms with E-state index in [0.29, 0.717) is 6.08 Å². The molecule has 1 aromatic rings. The van der Waals surface area contributed by atoms with Gasteiger partial charge in [0.15, 0.2) is 10.8 Å². The molecule has 30 heavy (non-hydrogen) atoms. The van der Waals surface area contributed by atoms with Crippen LogP contribution in [0, 0.1) is 0 Å². The van der Waals surface area contributed by atoms with Crippen LogP contribution < -0.4 is 11.1 Å². The second-order valence-electron chi connectivity index (χ2n) is 5.93. The Kier molecular flexibility index (Phi) is 6.36. The zero-order chi connectivity index (χ0) is 22.0. The summed E-state index contributed by atoms with van der Waals surface area (Å²) < 4.78 is 24.9. The van der Waals surface area contributed by atoms with E-state index in [1.165, 1.54) is 12.5 Å². The Bertz CT molecular complexity index is 977. The first-order valence-electron chi connectivity index (χ1n) is 8.25. The molecule has 10 nitrogen and oxygen atoms in total. The number of fused-ring (bicyclic) bond motifs is 1. The third kappa shape index (κ3) is 4.14. The molecule has 4 N–H and O–H groups in total. The smallest absolute Gasteiger partial charge is 0.352 e. The van der Waals surface area contributed by atoms with Crippen molar-refractivity contribution >= 4 is 51.7 Å². The molecular weight excluding hydrogens is 444 g/mol. The normalized spacial score (nSPS) is 21.7. The quantitative estimate of drug-likeness (QED) is 0.306. The van der Waals surface area contributed by atoms with E-state index >= 15 is 0 Å². The summed E-state index contributed by atoms with van der Waals surface area (Å²) in [6.45, 7) is 0. The van der Waals surface area contributed by atoms with Crippen LogP contribution >= 0.6 is 23.1 Å². The number of allylic oxidation sites excluding steroid dienone is 2. The molecule has 0 bridgehead atoms. The van der Waals surface area contributed by atoms with E-state index in [-0.39, 0.29) is 33.6 Å². The van der Waals surface area contributed by atoms with E-state index in [9.17, 15) is 28.3 Å². The van der Waals surface area contributed by atoms with Gasteiger partial charge < -0.3 is 21.0 Å². The van der Waals surface area contributed by atoms with Gasteiger partial charge in [0.1, 0.15) is 29.9 Å². The molecule has 0 unspecified atom stereocenters. The maximum atomic E-state index is 12.6. The standard InChI is InChI=1S/C16H15F2N5O5S2/c1-28-22-9(7-5-30-16(19)20-7)12(24)21-10-13(25)23-11(15(26)27)6(2-3-8(17)18)4-29-14(10)23/h2-3,5,8,10,14H,4H2,1H3,(H2,19,20)(H,21,24)(H,26,27)/b3-2-,22-9-/t10-,14-/m1/s1. The minimum atomic E-state index is -2.76. The number of amides is 2. The Morgan fingerprint density at radius 1 is 1.53 bits per heavy atom. The molecule has 14 heteroatoms. The number of thioether (sulfide) groups is 1. The van der Waals surface area contributed by atoms with E-state index < -0.39 is 35.6 Å². The second-order valence-corrected chi connectivity index (χ2v) is 7.92.